The highest BCUT2D eigenvalue weighted by Gasteiger charge is 2.11. The highest BCUT2D eigenvalue weighted by Crippen LogP contribution is 2.19. The van der Waals surface area contributed by atoms with Crippen LogP contribution in [0.3, 0.4) is 0 Å². The summed E-state index contributed by atoms with van der Waals surface area (Å²) in [4.78, 5) is 16.5. The van der Waals surface area contributed by atoms with Gasteiger partial charge in [-0.15, -0.1) is 5.10 Å². The molecule has 2 rings (SSSR count). The lowest BCUT2D eigenvalue weighted by Crippen LogP contribution is -2.03. The van der Waals surface area contributed by atoms with Crippen molar-refractivity contribution in [2.45, 2.75) is 44.7 Å². The van der Waals surface area contributed by atoms with Gasteiger partial charge in [0.05, 0.1) is 5.75 Å². The number of aromatic nitrogens is 3. The van der Waals surface area contributed by atoms with Gasteiger partial charge < -0.3 is 0 Å². The average molecular weight is 303 g/mol. The summed E-state index contributed by atoms with van der Waals surface area (Å²) in [6, 6.07) is 7.84. The molecule has 0 radical (unpaired) electrons. The molecule has 0 spiro atoms. The molecule has 0 bridgehead atoms. The van der Waals surface area contributed by atoms with E-state index in [9.17, 15) is 4.79 Å². The SMILES string of the molecule is CC(C)c1ccc(C(=O)CSc2n[nH]c(C(C)C)n2)cc1. The molecule has 0 aliphatic heterocycles. The minimum atomic E-state index is 0.103. The Morgan fingerprint density at radius 2 is 1.81 bits per heavy atom. The number of nitrogens with zero attached hydrogens (tertiary/aromatic N) is 2. The maximum absolute atomic E-state index is 12.2. The summed E-state index contributed by atoms with van der Waals surface area (Å²) in [7, 11) is 0. The lowest BCUT2D eigenvalue weighted by Gasteiger charge is -2.05. The first-order valence-corrected chi connectivity index (χ1v) is 8.14. The third-order valence-electron chi connectivity index (χ3n) is 3.26. The van der Waals surface area contributed by atoms with Gasteiger partial charge in [-0.3, -0.25) is 9.89 Å². The number of aromatic amines is 1. The van der Waals surface area contributed by atoms with Gasteiger partial charge in [0, 0.05) is 11.5 Å². The lowest BCUT2D eigenvalue weighted by molar-refractivity contribution is 0.102. The molecule has 0 saturated carbocycles. The fraction of sp³-hybridized carbons (Fsp3) is 0.438. The number of ketones is 1. The fourth-order valence-electron chi connectivity index (χ4n) is 1.85. The summed E-state index contributed by atoms with van der Waals surface area (Å²) in [5, 5.41) is 7.64. The van der Waals surface area contributed by atoms with Crippen molar-refractivity contribution in [1.82, 2.24) is 15.2 Å². The third kappa shape index (κ3) is 4.17. The van der Waals surface area contributed by atoms with Crippen LogP contribution < -0.4 is 0 Å². The molecule has 4 nitrogen and oxygen atoms in total. The van der Waals surface area contributed by atoms with E-state index in [0.29, 0.717) is 22.7 Å². The van der Waals surface area contributed by atoms with E-state index in [1.54, 1.807) is 0 Å². The fourth-order valence-corrected chi connectivity index (χ4v) is 2.55. The van der Waals surface area contributed by atoms with Crippen LogP contribution in [0.5, 0.6) is 0 Å². The number of benzene rings is 1. The number of hydrogen-bond donors (Lipinski definition) is 1. The largest absolute Gasteiger partial charge is 0.293 e. The molecule has 1 aromatic carbocycles. The number of H-pyrrole nitrogens is 1. The Kier molecular flexibility index (Phi) is 5.17. The maximum Gasteiger partial charge on any atom is 0.208 e. The second-order valence-corrected chi connectivity index (χ2v) is 6.59. The molecule has 0 saturated heterocycles. The van der Waals surface area contributed by atoms with Crippen molar-refractivity contribution >= 4 is 17.5 Å². The lowest BCUT2D eigenvalue weighted by atomic mass is 10.0. The normalized spacial score (nSPS) is 11.3. The summed E-state index contributed by atoms with van der Waals surface area (Å²) >= 11 is 1.37. The molecule has 1 aromatic heterocycles. The van der Waals surface area contributed by atoms with Gasteiger partial charge in [-0.1, -0.05) is 63.7 Å². The van der Waals surface area contributed by atoms with Crippen LogP contribution in [0.25, 0.3) is 0 Å². The van der Waals surface area contributed by atoms with E-state index in [0.717, 1.165) is 11.4 Å². The molecule has 0 amide bonds. The number of nitrogens with one attached hydrogen (secondary N) is 1. The second kappa shape index (κ2) is 6.89. The van der Waals surface area contributed by atoms with Crippen LogP contribution >= 0.6 is 11.8 Å². The molecule has 0 fully saturated rings. The quantitative estimate of drug-likeness (QED) is 0.646. The molecule has 2 aromatic rings. The van der Waals surface area contributed by atoms with Gasteiger partial charge >= 0.3 is 0 Å². The molecule has 21 heavy (non-hydrogen) atoms. The zero-order chi connectivity index (χ0) is 15.4. The molecule has 112 valence electrons. The Balaban J connectivity index is 1.94. The first-order chi connectivity index (χ1) is 9.97. The number of hydrogen-bond acceptors (Lipinski definition) is 4. The minimum Gasteiger partial charge on any atom is -0.293 e. The van der Waals surface area contributed by atoms with Crippen LogP contribution in [0.2, 0.25) is 0 Å². The molecule has 5 heteroatoms. The van der Waals surface area contributed by atoms with Crippen molar-refractivity contribution in [1.29, 1.82) is 0 Å². The maximum atomic E-state index is 12.2. The number of carbonyl (C=O) groups excluding carboxylic acids is 1. The Bertz CT molecular complexity index is 602. The topological polar surface area (TPSA) is 58.6 Å². The first kappa shape index (κ1) is 15.8. The van der Waals surface area contributed by atoms with Gasteiger partial charge in [0.2, 0.25) is 5.16 Å². The van der Waals surface area contributed by atoms with Crippen molar-refractivity contribution < 1.29 is 4.79 Å². The summed E-state index contributed by atoms with van der Waals surface area (Å²) < 4.78 is 0. The van der Waals surface area contributed by atoms with E-state index in [2.05, 4.69) is 42.9 Å². The van der Waals surface area contributed by atoms with Crippen LogP contribution in [-0.4, -0.2) is 26.7 Å². The first-order valence-electron chi connectivity index (χ1n) is 7.15. The van der Waals surface area contributed by atoms with E-state index in [-0.39, 0.29) is 5.78 Å². The Hall–Kier alpha value is -1.62. The Morgan fingerprint density at radius 1 is 1.14 bits per heavy atom. The van der Waals surface area contributed by atoms with Crippen molar-refractivity contribution in [3.8, 4) is 0 Å². The summed E-state index contributed by atoms with van der Waals surface area (Å²) in [5.74, 6) is 2.10. The number of rotatable bonds is 6. The smallest absolute Gasteiger partial charge is 0.208 e. The average Bonchev–Trinajstić information content (AvgIpc) is 2.94. The van der Waals surface area contributed by atoms with Gasteiger partial charge in [0.15, 0.2) is 5.78 Å². The molecule has 0 aliphatic carbocycles. The summed E-state index contributed by atoms with van der Waals surface area (Å²) in [5.41, 5.74) is 1.99. The molecule has 1 N–H and O–H groups in total. The van der Waals surface area contributed by atoms with E-state index >= 15 is 0 Å². The zero-order valence-corrected chi connectivity index (χ0v) is 13.7. The van der Waals surface area contributed by atoms with Crippen LogP contribution in [0, 0.1) is 0 Å². The molecule has 0 aliphatic rings. The predicted octanol–water partition coefficient (Wildman–Crippen LogP) is 4.03. The van der Waals surface area contributed by atoms with Crippen LogP contribution in [0.4, 0.5) is 0 Å². The van der Waals surface area contributed by atoms with Crippen LogP contribution in [-0.2, 0) is 0 Å². The van der Waals surface area contributed by atoms with Crippen LogP contribution in [0.15, 0.2) is 29.4 Å². The molecule has 0 unspecified atom stereocenters. The van der Waals surface area contributed by atoms with Gasteiger partial charge in [-0.2, -0.15) is 0 Å². The molecular formula is C16H21N3OS. The standard InChI is InChI=1S/C16H21N3OS/c1-10(2)12-5-7-13(8-6-12)14(20)9-21-16-17-15(11(3)4)18-19-16/h5-8,10-11H,9H2,1-4H3,(H,17,18,19). The minimum absolute atomic E-state index is 0.103. The van der Waals surface area contributed by atoms with Gasteiger partial charge in [0.1, 0.15) is 5.82 Å². The molecule has 1 heterocycles. The van der Waals surface area contributed by atoms with Crippen LogP contribution in [0.1, 0.15) is 61.3 Å². The number of thioether (sulfide) groups is 1. The predicted molar refractivity (Wildman–Crippen MR) is 86.1 cm³/mol. The Labute approximate surface area is 129 Å². The molecular weight excluding hydrogens is 282 g/mol. The van der Waals surface area contributed by atoms with E-state index in [1.807, 2.05) is 24.3 Å². The van der Waals surface area contributed by atoms with Crippen molar-refractivity contribution in [3.63, 3.8) is 0 Å². The summed E-state index contributed by atoms with van der Waals surface area (Å²) in [6.45, 7) is 8.39. The van der Waals surface area contributed by atoms with E-state index < -0.39 is 0 Å². The van der Waals surface area contributed by atoms with Crippen molar-refractivity contribution in [2.75, 3.05) is 5.75 Å². The highest BCUT2D eigenvalue weighted by atomic mass is 32.2. The second-order valence-electron chi connectivity index (χ2n) is 5.65. The van der Waals surface area contributed by atoms with Gasteiger partial charge in [-0.25, -0.2) is 4.98 Å². The summed E-state index contributed by atoms with van der Waals surface area (Å²) in [6.07, 6.45) is 0. The third-order valence-corrected chi connectivity index (χ3v) is 4.11. The molecule has 0 atom stereocenters. The van der Waals surface area contributed by atoms with Crippen molar-refractivity contribution in [3.05, 3.63) is 41.2 Å². The van der Waals surface area contributed by atoms with Gasteiger partial charge in [-0.05, 0) is 11.5 Å². The van der Waals surface area contributed by atoms with E-state index in [1.165, 1.54) is 17.3 Å². The monoisotopic (exact) mass is 303 g/mol. The number of Topliss-reactive ketones (excluding diaryl/α,β-unsaturated/α-hetero) is 1. The zero-order valence-electron chi connectivity index (χ0n) is 12.9. The number of carbonyl (C=O) groups is 1. The highest BCUT2D eigenvalue weighted by molar-refractivity contribution is 7.99. The van der Waals surface area contributed by atoms with Crippen molar-refractivity contribution in [2.24, 2.45) is 0 Å². The van der Waals surface area contributed by atoms with Gasteiger partial charge in [0.25, 0.3) is 0 Å². The van der Waals surface area contributed by atoms with E-state index in [4.69, 9.17) is 0 Å². The Morgan fingerprint density at radius 3 is 2.33 bits per heavy atom.